The first-order valence-electron chi connectivity index (χ1n) is 7.57. The minimum atomic E-state index is -0.506. The van der Waals surface area contributed by atoms with Gasteiger partial charge in [-0.3, -0.25) is 9.59 Å². The molecule has 0 aliphatic heterocycles. The van der Waals surface area contributed by atoms with Crippen LogP contribution in [0.2, 0.25) is 0 Å². The number of carbonyl (C=O) groups is 2. The van der Waals surface area contributed by atoms with Crippen LogP contribution in [0.25, 0.3) is 22.0 Å². The summed E-state index contributed by atoms with van der Waals surface area (Å²) in [5.74, 6) is -0.218. The summed E-state index contributed by atoms with van der Waals surface area (Å²) in [5, 5.41) is 3.62. The van der Waals surface area contributed by atoms with Crippen LogP contribution in [0.15, 0.2) is 55.3 Å². The van der Waals surface area contributed by atoms with Crippen molar-refractivity contribution in [2.75, 3.05) is 12.4 Å². The maximum absolute atomic E-state index is 11.8. The molecule has 3 aromatic rings. The Balaban J connectivity index is 2.22. The number of nitrogens with two attached hydrogens (primary N) is 1. The topological polar surface area (TPSA) is 97.2 Å². The first-order chi connectivity index (χ1) is 12.0. The van der Waals surface area contributed by atoms with Gasteiger partial charge in [0.15, 0.2) is 0 Å². The highest BCUT2D eigenvalue weighted by molar-refractivity contribution is 6.11. The Morgan fingerprint density at radius 2 is 1.96 bits per heavy atom. The predicted molar refractivity (Wildman–Crippen MR) is 97.6 cm³/mol. The molecule has 0 atom stereocenters. The number of carbonyl (C=O) groups excluding carboxylic acids is 2. The van der Waals surface area contributed by atoms with Crippen molar-refractivity contribution in [3.8, 4) is 16.9 Å². The fourth-order valence-corrected chi connectivity index (χ4v) is 2.77. The van der Waals surface area contributed by atoms with Crippen LogP contribution < -0.4 is 15.8 Å². The summed E-state index contributed by atoms with van der Waals surface area (Å²) in [7, 11) is 1.56. The Morgan fingerprint density at radius 3 is 2.64 bits per heavy atom. The van der Waals surface area contributed by atoms with E-state index in [-0.39, 0.29) is 5.91 Å². The standard InChI is InChI=1S/C19H17N3O3/c1-3-17(23)22-16-10-11(25-2)4-5-13(16)12-6-7-15(19(20)24)18-14(12)8-9-21-18/h3-10,21H,1H2,2H3,(H2,20,24)(H,22,23). The molecular formula is C19H17N3O3. The molecular weight excluding hydrogens is 318 g/mol. The second-order valence-electron chi connectivity index (χ2n) is 5.40. The van der Waals surface area contributed by atoms with E-state index in [1.165, 1.54) is 6.08 Å². The fraction of sp³-hybridized carbons (Fsp3) is 0.0526. The molecule has 1 aromatic heterocycles. The number of ether oxygens (including phenoxy) is 1. The molecule has 0 aliphatic carbocycles. The highest BCUT2D eigenvalue weighted by atomic mass is 16.5. The van der Waals surface area contributed by atoms with Crippen LogP contribution in [0.3, 0.4) is 0 Å². The van der Waals surface area contributed by atoms with Gasteiger partial charge < -0.3 is 20.8 Å². The maximum atomic E-state index is 11.8. The number of amides is 2. The summed E-state index contributed by atoms with van der Waals surface area (Å²) in [6, 6.07) is 10.7. The molecule has 0 unspecified atom stereocenters. The van der Waals surface area contributed by atoms with Gasteiger partial charge in [0.25, 0.3) is 5.91 Å². The van der Waals surface area contributed by atoms with E-state index in [2.05, 4.69) is 16.9 Å². The highest BCUT2D eigenvalue weighted by Gasteiger charge is 2.15. The number of rotatable bonds is 5. The van der Waals surface area contributed by atoms with Gasteiger partial charge in [-0.1, -0.05) is 12.6 Å². The molecule has 0 spiro atoms. The molecule has 1 heterocycles. The number of H-pyrrole nitrogens is 1. The normalized spacial score (nSPS) is 10.4. The van der Waals surface area contributed by atoms with E-state index >= 15 is 0 Å². The SMILES string of the molecule is C=CC(=O)Nc1cc(OC)ccc1-c1ccc(C(N)=O)c2[nH]ccc12. The minimum Gasteiger partial charge on any atom is -0.497 e. The van der Waals surface area contributed by atoms with Crippen molar-refractivity contribution < 1.29 is 14.3 Å². The van der Waals surface area contributed by atoms with Crippen molar-refractivity contribution in [3.05, 3.63) is 60.8 Å². The van der Waals surface area contributed by atoms with Gasteiger partial charge in [-0.25, -0.2) is 0 Å². The van der Waals surface area contributed by atoms with E-state index in [0.29, 0.717) is 22.5 Å². The smallest absolute Gasteiger partial charge is 0.250 e. The van der Waals surface area contributed by atoms with Crippen molar-refractivity contribution in [2.45, 2.75) is 0 Å². The largest absolute Gasteiger partial charge is 0.497 e. The zero-order valence-electron chi connectivity index (χ0n) is 13.6. The van der Waals surface area contributed by atoms with Gasteiger partial charge in [0.1, 0.15) is 5.75 Å². The lowest BCUT2D eigenvalue weighted by molar-refractivity contribution is -0.111. The summed E-state index contributed by atoms with van der Waals surface area (Å²) >= 11 is 0. The number of aromatic amines is 1. The summed E-state index contributed by atoms with van der Waals surface area (Å²) in [6.07, 6.45) is 2.94. The third-order valence-corrected chi connectivity index (χ3v) is 3.95. The molecule has 0 radical (unpaired) electrons. The monoisotopic (exact) mass is 335 g/mol. The van der Waals surface area contributed by atoms with E-state index in [4.69, 9.17) is 10.5 Å². The molecule has 25 heavy (non-hydrogen) atoms. The number of benzene rings is 2. The van der Waals surface area contributed by atoms with Gasteiger partial charge in [-0.15, -0.1) is 0 Å². The number of fused-ring (bicyclic) bond motifs is 1. The van der Waals surface area contributed by atoms with Gasteiger partial charge in [0, 0.05) is 23.2 Å². The Morgan fingerprint density at radius 1 is 1.20 bits per heavy atom. The van der Waals surface area contributed by atoms with Crippen LogP contribution in [0.1, 0.15) is 10.4 Å². The van der Waals surface area contributed by atoms with Crippen molar-refractivity contribution >= 4 is 28.4 Å². The van der Waals surface area contributed by atoms with Gasteiger partial charge in [-0.2, -0.15) is 0 Å². The molecule has 2 amide bonds. The summed E-state index contributed by atoms with van der Waals surface area (Å²) < 4.78 is 5.24. The third kappa shape index (κ3) is 2.97. The molecule has 6 nitrogen and oxygen atoms in total. The molecule has 0 saturated heterocycles. The first kappa shape index (κ1) is 16.3. The first-order valence-corrected chi connectivity index (χ1v) is 7.57. The third-order valence-electron chi connectivity index (χ3n) is 3.95. The van der Waals surface area contributed by atoms with Gasteiger partial charge in [-0.05, 0) is 35.9 Å². The van der Waals surface area contributed by atoms with E-state index < -0.39 is 5.91 Å². The Hall–Kier alpha value is -3.54. The fourth-order valence-electron chi connectivity index (χ4n) is 2.77. The molecule has 0 saturated carbocycles. The van der Waals surface area contributed by atoms with Crippen LogP contribution in [-0.2, 0) is 4.79 Å². The number of hydrogen-bond donors (Lipinski definition) is 3. The van der Waals surface area contributed by atoms with Crippen LogP contribution in [0.5, 0.6) is 5.75 Å². The molecule has 2 aromatic carbocycles. The van der Waals surface area contributed by atoms with E-state index in [1.807, 2.05) is 18.2 Å². The lowest BCUT2D eigenvalue weighted by Gasteiger charge is -2.14. The Kier molecular flexibility index (Phi) is 4.26. The van der Waals surface area contributed by atoms with E-state index in [9.17, 15) is 9.59 Å². The number of hydrogen-bond acceptors (Lipinski definition) is 3. The number of nitrogens with one attached hydrogen (secondary N) is 2. The number of anilines is 1. The van der Waals surface area contributed by atoms with Gasteiger partial charge in [0.05, 0.1) is 23.9 Å². The van der Waals surface area contributed by atoms with Crippen molar-refractivity contribution in [3.63, 3.8) is 0 Å². The summed E-state index contributed by atoms with van der Waals surface area (Å²) in [5.41, 5.74) is 8.72. The minimum absolute atomic E-state index is 0.325. The predicted octanol–water partition coefficient (Wildman–Crippen LogP) is 3.07. The molecule has 126 valence electrons. The van der Waals surface area contributed by atoms with E-state index in [0.717, 1.165) is 16.5 Å². The van der Waals surface area contributed by atoms with Crippen molar-refractivity contribution in [1.82, 2.24) is 4.98 Å². The molecule has 0 fully saturated rings. The van der Waals surface area contributed by atoms with Gasteiger partial charge in [0.2, 0.25) is 5.91 Å². The quantitative estimate of drug-likeness (QED) is 0.625. The lowest BCUT2D eigenvalue weighted by Crippen LogP contribution is -2.11. The molecule has 4 N–H and O–H groups in total. The zero-order chi connectivity index (χ0) is 18.0. The number of primary amides is 1. The number of methoxy groups -OCH3 is 1. The zero-order valence-corrected chi connectivity index (χ0v) is 13.6. The maximum Gasteiger partial charge on any atom is 0.250 e. The molecule has 3 rings (SSSR count). The molecule has 0 bridgehead atoms. The van der Waals surface area contributed by atoms with Crippen LogP contribution in [-0.4, -0.2) is 23.9 Å². The second kappa shape index (κ2) is 6.52. The summed E-state index contributed by atoms with van der Waals surface area (Å²) in [6.45, 7) is 3.47. The Bertz CT molecular complexity index is 989. The Labute approximate surface area is 144 Å². The van der Waals surface area contributed by atoms with Crippen molar-refractivity contribution in [2.24, 2.45) is 5.73 Å². The molecule has 6 heteroatoms. The molecule has 0 aliphatic rings. The average Bonchev–Trinajstić information content (AvgIpc) is 3.10. The van der Waals surface area contributed by atoms with Crippen LogP contribution in [0.4, 0.5) is 5.69 Å². The highest BCUT2D eigenvalue weighted by Crippen LogP contribution is 2.36. The van der Waals surface area contributed by atoms with E-state index in [1.54, 1.807) is 31.5 Å². The summed E-state index contributed by atoms with van der Waals surface area (Å²) in [4.78, 5) is 26.4. The average molecular weight is 335 g/mol. The second-order valence-corrected chi connectivity index (χ2v) is 5.40. The van der Waals surface area contributed by atoms with Crippen LogP contribution in [0, 0.1) is 0 Å². The van der Waals surface area contributed by atoms with Gasteiger partial charge >= 0.3 is 0 Å². The number of aromatic nitrogens is 1. The lowest BCUT2D eigenvalue weighted by atomic mass is 9.97. The van der Waals surface area contributed by atoms with Crippen LogP contribution >= 0.6 is 0 Å². The van der Waals surface area contributed by atoms with Crippen molar-refractivity contribution in [1.29, 1.82) is 0 Å².